The fraction of sp³-hybridized carbons (Fsp3) is 0.286. The van der Waals surface area contributed by atoms with E-state index in [0.717, 1.165) is 29.7 Å². The molecule has 0 unspecified atom stereocenters. The summed E-state index contributed by atoms with van der Waals surface area (Å²) in [5.41, 5.74) is 3.50. The Morgan fingerprint density at radius 1 is 1.18 bits per heavy atom. The fourth-order valence-electron chi connectivity index (χ4n) is 3.75. The SMILES string of the molecule is COc1ccc(C(=O)N2CCC[C@@H]2c2[nH]ncc2-c2ccncc2)c(OC)c1. The van der Waals surface area contributed by atoms with Crippen molar-refractivity contribution >= 4 is 5.91 Å². The number of H-pyrrole nitrogens is 1. The maximum atomic E-state index is 13.3. The summed E-state index contributed by atoms with van der Waals surface area (Å²) in [5.74, 6) is 1.10. The van der Waals surface area contributed by atoms with Gasteiger partial charge >= 0.3 is 0 Å². The number of aromatic amines is 1. The number of benzene rings is 1. The highest BCUT2D eigenvalue weighted by Gasteiger charge is 2.34. The van der Waals surface area contributed by atoms with Gasteiger partial charge < -0.3 is 14.4 Å². The quantitative estimate of drug-likeness (QED) is 0.735. The fourth-order valence-corrected chi connectivity index (χ4v) is 3.75. The first-order valence-electron chi connectivity index (χ1n) is 9.19. The van der Waals surface area contributed by atoms with Gasteiger partial charge in [0.25, 0.3) is 5.91 Å². The smallest absolute Gasteiger partial charge is 0.258 e. The molecule has 7 nitrogen and oxygen atoms in total. The second-order valence-corrected chi connectivity index (χ2v) is 6.66. The van der Waals surface area contributed by atoms with Gasteiger partial charge in [-0.05, 0) is 42.7 Å². The number of pyridine rings is 1. The van der Waals surface area contributed by atoms with Crippen molar-refractivity contribution in [3.63, 3.8) is 0 Å². The summed E-state index contributed by atoms with van der Waals surface area (Å²) in [4.78, 5) is 19.3. The van der Waals surface area contributed by atoms with Gasteiger partial charge in [-0.2, -0.15) is 5.10 Å². The molecule has 1 N–H and O–H groups in total. The molecule has 3 aromatic rings. The molecule has 1 aromatic carbocycles. The summed E-state index contributed by atoms with van der Waals surface area (Å²) in [5, 5.41) is 7.36. The van der Waals surface area contributed by atoms with E-state index >= 15 is 0 Å². The van der Waals surface area contributed by atoms with Gasteiger partial charge in [0.1, 0.15) is 11.5 Å². The molecule has 1 aliphatic rings. The van der Waals surface area contributed by atoms with Gasteiger partial charge in [0.15, 0.2) is 0 Å². The van der Waals surface area contributed by atoms with Crippen LogP contribution in [0.4, 0.5) is 0 Å². The van der Waals surface area contributed by atoms with E-state index in [9.17, 15) is 4.79 Å². The summed E-state index contributed by atoms with van der Waals surface area (Å²) >= 11 is 0. The van der Waals surface area contributed by atoms with E-state index in [4.69, 9.17) is 9.47 Å². The van der Waals surface area contributed by atoms with Crippen LogP contribution in [0.5, 0.6) is 11.5 Å². The summed E-state index contributed by atoms with van der Waals surface area (Å²) in [6.45, 7) is 0.688. The lowest BCUT2D eigenvalue weighted by atomic mass is 10.0. The van der Waals surface area contributed by atoms with Crippen LogP contribution in [0.2, 0.25) is 0 Å². The van der Waals surface area contributed by atoms with Crippen molar-refractivity contribution in [1.82, 2.24) is 20.1 Å². The van der Waals surface area contributed by atoms with E-state index < -0.39 is 0 Å². The third kappa shape index (κ3) is 3.19. The molecule has 1 aliphatic heterocycles. The number of aromatic nitrogens is 3. The molecular weight excluding hydrogens is 356 g/mol. The van der Waals surface area contributed by atoms with Gasteiger partial charge in [0.05, 0.1) is 37.7 Å². The van der Waals surface area contributed by atoms with E-state index in [-0.39, 0.29) is 11.9 Å². The molecule has 4 rings (SSSR count). The monoisotopic (exact) mass is 378 g/mol. The lowest BCUT2D eigenvalue weighted by molar-refractivity contribution is 0.0730. The predicted molar refractivity (Wildman–Crippen MR) is 104 cm³/mol. The first-order chi connectivity index (χ1) is 13.7. The van der Waals surface area contributed by atoms with Crippen LogP contribution in [0.3, 0.4) is 0 Å². The minimum absolute atomic E-state index is 0.0581. The van der Waals surface area contributed by atoms with Crippen molar-refractivity contribution in [2.75, 3.05) is 20.8 Å². The molecule has 1 amide bonds. The number of ether oxygens (including phenoxy) is 2. The summed E-state index contributed by atoms with van der Waals surface area (Å²) in [6, 6.07) is 9.09. The number of amides is 1. The normalized spacial score (nSPS) is 16.2. The van der Waals surface area contributed by atoms with Crippen molar-refractivity contribution in [3.8, 4) is 22.6 Å². The molecule has 0 radical (unpaired) electrons. The Labute approximate surface area is 163 Å². The van der Waals surface area contributed by atoms with E-state index in [1.165, 1.54) is 0 Å². The second-order valence-electron chi connectivity index (χ2n) is 6.66. The number of hydrogen-bond donors (Lipinski definition) is 1. The molecule has 1 atom stereocenters. The van der Waals surface area contributed by atoms with Gasteiger partial charge in [0, 0.05) is 30.6 Å². The number of hydrogen-bond acceptors (Lipinski definition) is 5. The molecule has 0 saturated carbocycles. The number of nitrogens with one attached hydrogen (secondary N) is 1. The zero-order valence-corrected chi connectivity index (χ0v) is 15.9. The third-order valence-electron chi connectivity index (χ3n) is 5.15. The lowest BCUT2D eigenvalue weighted by Gasteiger charge is -2.25. The van der Waals surface area contributed by atoms with E-state index in [1.807, 2.05) is 17.0 Å². The Hall–Kier alpha value is -3.35. The van der Waals surface area contributed by atoms with Gasteiger partial charge in [0.2, 0.25) is 0 Å². The highest BCUT2D eigenvalue weighted by Crippen LogP contribution is 2.38. The van der Waals surface area contributed by atoms with E-state index in [2.05, 4.69) is 15.2 Å². The minimum atomic E-state index is -0.0648. The summed E-state index contributed by atoms with van der Waals surface area (Å²) in [6.07, 6.45) is 7.13. The van der Waals surface area contributed by atoms with Crippen molar-refractivity contribution in [1.29, 1.82) is 0 Å². The minimum Gasteiger partial charge on any atom is -0.497 e. The number of nitrogens with zero attached hydrogens (tertiary/aromatic N) is 3. The van der Waals surface area contributed by atoms with Crippen LogP contribution in [0.15, 0.2) is 48.9 Å². The van der Waals surface area contributed by atoms with Crippen LogP contribution in [0, 0.1) is 0 Å². The zero-order chi connectivity index (χ0) is 19.5. The Bertz CT molecular complexity index is 971. The van der Waals surface area contributed by atoms with Crippen LogP contribution in [0.25, 0.3) is 11.1 Å². The van der Waals surface area contributed by atoms with E-state index in [1.54, 1.807) is 51.0 Å². The largest absolute Gasteiger partial charge is 0.497 e. The molecule has 7 heteroatoms. The van der Waals surface area contributed by atoms with Crippen molar-refractivity contribution in [2.24, 2.45) is 0 Å². The van der Waals surface area contributed by atoms with E-state index in [0.29, 0.717) is 23.6 Å². The maximum Gasteiger partial charge on any atom is 0.258 e. The molecule has 28 heavy (non-hydrogen) atoms. The molecule has 2 aromatic heterocycles. The highest BCUT2D eigenvalue weighted by molar-refractivity contribution is 5.97. The van der Waals surface area contributed by atoms with Crippen molar-refractivity contribution in [3.05, 3.63) is 60.2 Å². The van der Waals surface area contributed by atoms with Crippen LogP contribution in [-0.4, -0.2) is 46.8 Å². The van der Waals surface area contributed by atoms with Gasteiger partial charge in [-0.15, -0.1) is 0 Å². The summed E-state index contributed by atoms with van der Waals surface area (Å²) < 4.78 is 10.7. The number of rotatable bonds is 5. The predicted octanol–water partition coefficient (Wildman–Crippen LogP) is 3.47. The molecule has 1 fully saturated rings. The Kier molecular flexibility index (Phi) is 4.97. The first-order valence-corrected chi connectivity index (χ1v) is 9.19. The molecule has 0 aliphatic carbocycles. The number of likely N-dealkylation sites (tertiary alicyclic amines) is 1. The van der Waals surface area contributed by atoms with Gasteiger partial charge in [-0.1, -0.05) is 0 Å². The average molecular weight is 378 g/mol. The van der Waals surface area contributed by atoms with Gasteiger partial charge in [-0.3, -0.25) is 14.9 Å². The lowest BCUT2D eigenvalue weighted by Crippen LogP contribution is -2.31. The molecule has 3 heterocycles. The van der Waals surface area contributed by atoms with Gasteiger partial charge in [-0.25, -0.2) is 0 Å². The summed E-state index contributed by atoms with van der Waals surface area (Å²) in [7, 11) is 3.15. The average Bonchev–Trinajstić information content (AvgIpc) is 3.42. The Morgan fingerprint density at radius 3 is 2.75 bits per heavy atom. The highest BCUT2D eigenvalue weighted by atomic mass is 16.5. The molecule has 1 saturated heterocycles. The maximum absolute atomic E-state index is 13.3. The van der Waals surface area contributed by atoms with Crippen molar-refractivity contribution in [2.45, 2.75) is 18.9 Å². The standard InChI is InChI=1S/C21H22N4O3/c1-27-15-5-6-16(19(12-15)28-2)21(26)25-11-3-4-18(25)20-17(13-23-24-20)14-7-9-22-10-8-14/h5-10,12-13,18H,3-4,11H2,1-2H3,(H,23,24)/t18-/m1/s1. The zero-order valence-electron chi connectivity index (χ0n) is 15.9. The van der Waals surface area contributed by atoms with Crippen LogP contribution in [-0.2, 0) is 0 Å². The van der Waals surface area contributed by atoms with Crippen LogP contribution < -0.4 is 9.47 Å². The van der Waals surface area contributed by atoms with Crippen molar-refractivity contribution < 1.29 is 14.3 Å². The molecule has 0 spiro atoms. The third-order valence-corrected chi connectivity index (χ3v) is 5.15. The van der Waals surface area contributed by atoms with Crippen LogP contribution >= 0.6 is 0 Å². The van der Waals surface area contributed by atoms with Crippen LogP contribution in [0.1, 0.15) is 34.9 Å². The number of carbonyl (C=O) groups is 1. The Balaban J connectivity index is 1.67. The first kappa shape index (κ1) is 18.0. The Morgan fingerprint density at radius 2 is 2.00 bits per heavy atom. The topological polar surface area (TPSA) is 80.3 Å². The molecule has 144 valence electrons. The number of methoxy groups -OCH3 is 2. The number of carbonyl (C=O) groups excluding carboxylic acids is 1. The molecular formula is C21H22N4O3. The molecule has 0 bridgehead atoms. The second kappa shape index (κ2) is 7.72.